The lowest BCUT2D eigenvalue weighted by Crippen LogP contribution is -1.92. The van der Waals surface area contributed by atoms with Crippen molar-refractivity contribution in [2.45, 2.75) is 0 Å². The lowest BCUT2D eigenvalue weighted by atomic mass is 10.2. The molecule has 0 aliphatic carbocycles. The van der Waals surface area contributed by atoms with Crippen LogP contribution in [0, 0.1) is 0 Å². The van der Waals surface area contributed by atoms with Crippen molar-refractivity contribution < 1.29 is 13.9 Å². The molecule has 1 aromatic heterocycles. The number of esters is 1. The van der Waals surface area contributed by atoms with E-state index in [0.29, 0.717) is 5.76 Å². The van der Waals surface area contributed by atoms with E-state index in [2.05, 4.69) is 4.74 Å². The average molecular weight is 228 g/mol. The summed E-state index contributed by atoms with van der Waals surface area (Å²) >= 11 is 0. The van der Waals surface area contributed by atoms with Gasteiger partial charge in [0.25, 0.3) is 0 Å². The molecule has 1 aromatic carbocycles. The minimum Gasteiger partial charge on any atom is -0.466 e. The van der Waals surface area contributed by atoms with Gasteiger partial charge in [-0.15, -0.1) is 0 Å². The molecule has 0 unspecified atom stereocenters. The second kappa shape index (κ2) is 5.16. The van der Waals surface area contributed by atoms with Gasteiger partial charge in [0.1, 0.15) is 11.5 Å². The molecule has 0 atom stereocenters. The van der Waals surface area contributed by atoms with Crippen molar-refractivity contribution in [3.8, 4) is 11.3 Å². The van der Waals surface area contributed by atoms with Crippen molar-refractivity contribution in [3.05, 3.63) is 54.3 Å². The number of carbonyl (C=O) groups excluding carboxylic acids is 1. The number of furan rings is 1. The summed E-state index contributed by atoms with van der Waals surface area (Å²) in [5.74, 6) is 0.993. The monoisotopic (exact) mass is 228 g/mol. The van der Waals surface area contributed by atoms with Gasteiger partial charge in [0, 0.05) is 11.6 Å². The van der Waals surface area contributed by atoms with Crippen LogP contribution in [0.4, 0.5) is 0 Å². The SMILES string of the molecule is COC(=O)/C=C/c1ccc(-c2ccccc2)o1. The van der Waals surface area contributed by atoms with Crippen molar-refractivity contribution in [1.82, 2.24) is 0 Å². The van der Waals surface area contributed by atoms with Crippen molar-refractivity contribution >= 4 is 12.0 Å². The third-order valence-electron chi connectivity index (χ3n) is 2.27. The zero-order chi connectivity index (χ0) is 12.1. The first-order chi connectivity index (χ1) is 8.29. The summed E-state index contributed by atoms with van der Waals surface area (Å²) in [5, 5.41) is 0. The van der Waals surface area contributed by atoms with E-state index in [0.717, 1.165) is 11.3 Å². The predicted molar refractivity (Wildman–Crippen MR) is 65.2 cm³/mol. The number of methoxy groups -OCH3 is 1. The third kappa shape index (κ3) is 2.84. The molecule has 2 rings (SSSR count). The number of benzene rings is 1. The molecule has 0 saturated carbocycles. The Kier molecular flexibility index (Phi) is 3.40. The van der Waals surface area contributed by atoms with Crippen LogP contribution in [-0.2, 0) is 9.53 Å². The summed E-state index contributed by atoms with van der Waals surface area (Å²) in [6, 6.07) is 13.4. The van der Waals surface area contributed by atoms with Gasteiger partial charge in [-0.1, -0.05) is 30.3 Å². The number of hydrogen-bond donors (Lipinski definition) is 0. The van der Waals surface area contributed by atoms with Crippen LogP contribution in [0.5, 0.6) is 0 Å². The van der Waals surface area contributed by atoms with E-state index in [4.69, 9.17) is 4.42 Å². The van der Waals surface area contributed by atoms with E-state index in [1.807, 2.05) is 42.5 Å². The molecule has 0 spiro atoms. The first-order valence-corrected chi connectivity index (χ1v) is 5.21. The number of hydrogen-bond acceptors (Lipinski definition) is 3. The molecule has 0 radical (unpaired) electrons. The molecule has 0 fully saturated rings. The Hall–Kier alpha value is -2.29. The highest BCUT2D eigenvalue weighted by Gasteiger charge is 2.02. The first kappa shape index (κ1) is 11.2. The Morgan fingerprint density at radius 1 is 1.18 bits per heavy atom. The maximum absolute atomic E-state index is 10.9. The number of rotatable bonds is 3. The summed E-state index contributed by atoms with van der Waals surface area (Å²) in [4.78, 5) is 10.9. The molecule has 0 bridgehead atoms. The molecule has 3 nitrogen and oxygen atoms in total. The zero-order valence-electron chi connectivity index (χ0n) is 9.42. The smallest absolute Gasteiger partial charge is 0.330 e. The van der Waals surface area contributed by atoms with E-state index in [9.17, 15) is 4.79 Å². The quantitative estimate of drug-likeness (QED) is 0.598. The van der Waals surface area contributed by atoms with Crippen LogP contribution < -0.4 is 0 Å². The minimum absolute atomic E-state index is 0.400. The zero-order valence-corrected chi connectivity index (χ0v) is 9.42. The van der Waals surface area contributed by atoms with E-state index in [-0.39, 0.29) is 0 Å². The molecule has 0 amide bonds. The van der Waals surface area contributed by atoms with E-state index < -0.39 is 5.97 Å². The van der Waals surface area contributed by atoms with E-state index in [1.54, 1.807) is 6.08 Å². The number of carbonyl (C=O) groups is 1. The lowest BCUT2D eigenvalue weighted by molar-refractivity contribution is -0.134. The lowest BCUT2D eigenvalue weighted by Gasteiger charge is -1.94. The number of ether oxygens (including phenoxy) is 1. The van der Waals surface area contributed by atoms with Gasteiger partial charge in [0.15, 0.2) is 0 Å². The third-order valence-corrected chi connectivity index (χ3v) is 2.27. The standard InChI is InChI=1S/C14H12O3/c1-16-14(15)10-8-12-7-9-13(17-12)11-5-3-2-4-6-11/h2-10H,1H3/b10-8+. The second-order valence-corrected chi connectivity index (χ2v) is 3.42. The fraction of sp³-hybridized carbons (Fsp3) is 0.0714. The van der Waals surface area contributed by atoms with Crippen molar-refractivity contribution in [2.75, 3.05) is 7.11 Å². The highest BCUT2D eigenvalue weighted by Crippen LogP contribution is 2.22. The second-order valence-electron chi connectivity index (χ2n) is 3.42. The van der Waals surface area contributed by atoms with Crippen LogP contribution in [-0.4, -0.2) is 13.1 Å². The van der Waals surface area contributed by atoms with Crippen LogP contribution in [0.15, 0.2) is 53.0 Å². The summed E-state index contributed by atoms with van der Waals surface area (Å²) in [7, 11) is 1.34. The normalized spacial score (nSPS) is 10.6. The molecule has 0 aliphatic rings. The van der Waals surface area contributed by atoms with Crippen molar-refractivity contribution in [2.24, 2.45) is 0 Å². The molecule has 0 aliphatic heterocycles. The van der Waals surface area contributed by atoms with Gasteiger partial charge in [0.2, 0.25) is 0 Å². The molecule has 17 heavy (non-hydrogen) atoms. The molecule has 3 heteroatoms. The van der Waals surface area contributed by atoms with Gasteiger partial charge in [-0.2, -0.15) is 0 Å². The molecule has 0 saturated heterocycles. The maximum atomic E-state index is 10.9. The first-order valence-electron chi connectivity index (χ1n) is 5.21. The van der Waals surface area contributed by atoms with Gasteiger partial charge in [-0.05, 0) is 18.2 Å². The molecule has 0 N–H and O–H groups in total. The maximum Gasteiger partial charge on any atom is 0.330 e. The largest absolute Gasteiger partial charge is 0.466 e. The molecule has 86 valence electrons. The van der Waals surface area contributed by atoms with Crippen LogP contribution in [0.25, 0.3) is 17.4 Å². The Bertz CT molecular complexity index is 523. The Labute approximate surface area is 99.3 Å². The van der Waals surface area contributed by atoms with E-state index >= 15 is 0 Å². The van der Waals surface area contributed by atoms with Crippen LogP contribution in [0.3, 0.4) is 0 Å². The topological polar surface area (TPSA) is 39.4 Å². The molecule has 1 heterocycles. The molecular formula is C14H12O3. The van der Waals surface area contributed by atoms with Gasteiger partial charge < -0.3 is 9.15 Å². The summed E-state index contributed by atoms with van der Waals surface area (Å²) in [5.41, 5.74) is 1.00. The Morgan fingerprint density at radius 3 is 2.65 bits per heavy atom. The summed E-state index contributed by atoms with van der Waals surface area (Å²) in [6.07, 6.45) is 2.91. The Balaban J connectivity index is 2.17. The van der Waals surface area contributed by atoms with Gasteiger partial charge in [-0.25, -0.2) is 4.79 Å². The van der Waals surface area contributed by atoms with Crippen molar-refractivity contribution in [1.29, 1.82) is 0 Å². The highest BCUT2D eigenvalue weighted by molar-refractivity contribution is 5.86. The van der Waals surface area contributed by atoms with E-state index in [1.165, 1.54) is 13.2 Å². The summed E-state index contributed by atoms with van der Waals surface area (Å²) in [6.45, 7) is 0. The van der Waals surface area contributed by atoms with Crippen molar-refractivity contribution in [3.63, 3.8) is 0 Å². The average Bonchev–Trinajstić information content (AvgIpc) is 2.86. The van der Waals surface area contributed by atoms with Gasteiger partial charge in [-0.3, -0.25) is 0 Å². The van der Waals surface area contributed by atoms with Crippen LogP contribution in [0.2, 0.25) is 0 Å². The summed E-state index contributed by atoms with van der Waals surface area (Å²) < 4.78 is 10.1. The predicted octanol–water partition coefficient (Wildman–Crippen LogP) is 3.13. The fourth-order valence-corrected chi connectivity index (χ4v) is 1.42. The fourth-order valence-electron chi connectivity index (χ4n) is 1.42. The Morgan fingerprint density at radius 2 is 1.94 bits per heavy atom. The van der Waals surface area contributed by atoms with Gasteiger partial charge in [0.05, 0.1) is 7.11 Å². The molecule has 2 aromatic rings. The highest BCUT2D eigenvalue weighted by atomic mass is 16.5. The van der Waals surface area contributed by atoms with Crippen LogP contribution >= 0.6 is 0 Å². The van der Waals surface area contributed by atoms with Crippen LogP contribution in [0.1, 0.15) is 5.76 Å². The molecular weight excluding hydrogens is 216 g/mol. The minimum atomic E-state index is -0.400. The van der Waals surface area contributed by atoms with Gasteiger partial charge >= 0.3 is 5.97 Å².